The highest BCUT2D eigenvalue weighted by Crippen LogP contribution is 2.37. The Bertz CT molecular complexity index is 1500. The first kappa shape index (κ1) is 21.2. The van der Waals surface area contributed by atoms with Crippen LogP contribution in [0.5, 0.6) is 5.75 Å². The number of benzene rings is 2. The van der Waals surface area contributed by atoms with E-state index in [1.165, 1.54) is 25.6 Å². The lowest BCUT2D eigenvalue weighted by Gasteiger charge is -2.13. The molecule has 168 valence electrons. The average Bonchev–Trinajstić information content (AvgIpc) is 3.25. The zero-order valence-corrected chi connectivity index (χ0v) is 18.4. The molecule has 0 unspecified atom stereocenters. The fourth-order valence-corrected chi connectivity index (χ4v) is 3.73. The number of carbonyl (C=O) groups is 1. The van der Waals surface area contributed by atoms with Gasteiger partial charge < -0.3 is 10.1 Å². The van der Waals surface area contributed by atoms with Gasteiger partial charge in [-0.05, 0) is 18.2 Å². The van der Waals surface area contributed by atoms with Gasteiger partial charge in [0.05, 0.1) is 30.2 Å². The molecule has 9 heteroatoms. The second kappa shape index (κ2) is 8.70. The summed E-state index contributed by atoms with van der Waals surface area (Å²) in [6, 6.07) is 15.8. The van der Waals surface area contributed by atoms with E-state index in [0.717, 1.165) is 23.0 Å². The number of aryl methyl sites for hydroxylation is 1. The molecule has 0 aliphatic carbocycles. The van der Waals surface area contributed by atoms with Gasteiger partial charge in [-0.1, -0.05) is 30.3 Å². The molecule has 0 spiro atoms. The number of methoxy groups -OCH3 is 1. The second-order valence-electron chi connectivity index (χ2n) is 7.54. The van der Waals surface area contributed by atoms with E-state index in [2.05, 4.69) is 25.4 Å². The summed E-state index contributed by atoms with van der Waals surface area (Å²) in [6.07, 6.45) is 4.38. The number of nitrogens with zero attached hydrogens (tertiary/aromatic N) is 5. The second-order valence-corrected chi connectivity index (χ2v) is 7.54. The Labute approximate surface area is 194 Å². The van der Waals surface area contributed by atoms with E-state index in [9.17, 15) is 9.18 Å². The van der Waals surface area contributed by atoms with Crippen molar-refractivity contribution in [1.29, 1.82) is 0 Å². The third-order valence-electron chi connectivity index (χ3n) is 5.30. The summed E-state index contributed by atoms with van der Waals surface area (Å²) < 4.78 is 20.4. The quantitative estimate of drug-likeness (QED) is 0.420. The molecule has 2 aromatic carbocycles. The third-order valence-corrected chi connectivity index (χ3v) is 5.30. The summed E-state index contributed by atoms with van der Waals surface area (Å²) in [5.41, 5.74) is 4.34. The van der Waals surface area contributed by atoms with Crippen LogP contribution in [0.3, 0.4) is 0 Å². The molecule has 0 fully saturated rings. The number of halogens is 1. The van der Waals surface area contributed by atoms with Gasteiger partial charge in [-0.25, -0.2) is 19.3 Å². The third kappa shape index (κ3) is 3.95. The van der Waals surface area contributed by atoms with E-state index in [1.54, 1.807) is 16.8 Å². The molecule has 5 aromatic rings. The fraction of sp³-hybridized carbons (Fsp3) is 0.0800. The first-order valence-electron chi connectivity index (χ1n) is 10.4. The van der Waals surface area contributed by atoms with E-state index >= 15 is 0 Å². The lowest BCUT2D eigenvalue weighted by Crippen LogP contribution is -2.14. The van der Waals surface area contributed by atoms with Gasteiger partial charge in [0.1, 0.15) is 29.3 Å². The molecule has 3 heterocycles. The lowest BCUT2D eigenvalue weighted by atomic mass is 10.0. The van der Waals surface area contributed by atoms with Gasteiger partial charge in [0.15, 0.2) is 0 Å². The Morgan fingerprint density at radius 1 is 1.03 bits per heavy atom. The molecule has 1 amide bonds. The minimum absolute atomic E-state index is 0.0757. The lowest BCUT2D eigenvalue weighted by molar-refractivity contribution is 0.102. The molecule has 8 nitrogen and oxygen atoms in total. The number of nitrogens with one attached hydrogen (secondary N) is 1. The van der Waals surface area contributed by atoms with Gasteiger partial charge in [0.2, 0.25) is 0 Å². The number of hydrogen-bond donors (Lipinski definition) is 1. The van der Waals surface area contributed by atoms with Crippen LogP contribution in [0.25, 0.3) is 33.4 Å². The SMILES string of the molecule is COc1cc2ncnc(-c3cn(C)nc3-c3ccccc3)c2cc1NC(=O)c1ccc(F)cn1. The molecule has 3 aromatic heterocycles. The minimum atomic E-state index is -0.521. The van der Waals surface area contributed by atoms with Crippen molar-refractivity contribution in [2.75, 3.05) is 12.4 Å². The molecule has 0 aliphatic rings. The molecule has 5 rings (SSSR count). The van der Waals surface area contributed by atoms with Crippen molar-refractivity contribution in [2.24, 2.45) is 7.05 Å². The molecule has 34 heavy (non-hydrogen) atoms. The van der Waals surface area contributed by atoms with E-state index in [1.807, 2.05) is 43.6 Å². The van der Waals surface area contributed by atoms with Gasteiger partial charge in [0.25, 0.3) is 5.91 Å². The topological polar surface area (TPSA) is 94.8 Å². The van der Waals surface area contributed by atoms with Crippen molar-refractivity contribution in [3.63, 3.8) is 0 Å². The smallest absolute Gasteiger partial charge is 0.274 e. The van der Waals surface area contributed by atoms with Crippen molar-refractivity contribution in [1.82, 2.24) is 24.7 Å². The number of hydrogen-bond acceptors (Lipinski definition) is 6. The van der Waals surface area contributed by atoms with Crippen molar-refractivity contribution < 1.29 is 13.9 Å². The number of carbonyl (C=O) groups excluding carboxylic acids is 1. The number of anilines is 1. The summed E-state index contributed by atoms with van der Waals surface area (Å²) in [5.74, 6) is -0.600. The van der Waals surface area contributed by atoms with Crippen LogP contribution in [0.2, 0.25) is 0 Å². The Kier molecular flexibility index (Phi) is 5.43. The van der Waals surface area contributed by atoms with Gasteiger partial charge in [-0.3, -0.25) is 9.48 Å². The van der Waals surface area contributed by atoms with Crippen LogP contribution in [0.1, 0.15) is 10.5 Å². The standard InChI is InChI=1S/C25H19FN6O2/c1-32-13-18(23(31-32)15-6-4-3-5-7-15)24-17-10-21(22(34-2)11-20(17)28-14-29-24)30-25(33)19-9-8-16(26)12-27-19/h3-14H,1-2H3,(H,30,33). The van der Waals surface area contributed by atoms with Crippen molar-refractivity contribution >= 4 is 22.5 Å². The Hall–Kier alpha value is -4.66. The van der Waals surface area contributed by atoms with E-state index in [-0.39, 0.29) is 5.69 Å². The summed E-state index contributed by atoms with van der Waals surface area (Å²) in [6.45, 7) is 0. The van der Waals surface area contributed by atoms with Gasteiger partial charge in [-0.15, -0.1) is 0 Å². The molecule has 0 bridgehead atoms. The number of rotatable bonds is 5. The first-order chi connectivity index (χ1) is 16.5. The largest absolute Gasteiger partial charge is 0.494 e. The van der Waals surface area contributed by atoms with Crippen molar-refractivity contribution in [2.45, 2.75) is 0 Å². The van der Waals surface area contributed by atoms with Crippen molar-refractivity contribution in [3.8, 4) is 28.3 Å². The van der Waals surface area contributed by atoms with Crippen molar-refractivity contribution in [3.05, 3.63) is 84.8 Å². The molecular formula is C25H19FN6O2. The molecule has 1 N–H and O–H groups in total. The van der Waals surface area contributed by atoms with Gasteiger partial charge in [-0.2, -0.15) is 5.10 Å². The molecule has 0 saturated carbocycles. The Morgan fingerprint density at radius 3 is 2.59 bits per heavy atom. The normalized spacial score (nSPS) is 10.9. The number of aromatic nitrogens is 5. The first-order valence-corrected chi connectivity index (χ1v) is 10.4. The molecular weight excluding hydrogens is 435 g/mol. The summed E-state index contributed by atoms with van der Waals surface area (Å²) in [4.78, 5) is 25.5. The molecule has 0 aliphatic heterocycles. The Morgan fingerprint density at radius 2 is 1.85 bits per heavy atom. The number of pyridine rings is 1. The predicted octanol–water partition coefficient (Wildman–Crippen LogP) is 4.49. The number of ether oxygens (including phenoxy) is 1. The Balaban J connectivity index is 1.63. The summed E-state index contributed by atoms with van der Waals surface area (Å²) >= 11 is 0. The highest BCUT2D eigenvalue weighted by Gasteiger charge is 2.19. The maximum absolute atomic E-state index is 13.2. The highest BCUT2D eigenvalue weighted by atomic mass is 19.1. The number of fused-ring (bicyclic) bond motifs is 1. The van der Waals surface area contributed by atoms with Crippen LogP contribution in [0.15, 0.2) is 73.3 Å². The van der Waals surface area contributed by atoms with Gasteiger partial charge in [0, 0.05) is 35.8 Å². The molecule has 0 atom stereocenters. The van der Waals surface area contributed by atoms with Crippen LogP contribution in [0.4, 0.5) is 10.1 Å². The zero-order valence-electron chi connectivity index (χ0n) is 18.4. The van der Waals surface area contributed by atoms with Crippen LogP contribution >= 0.6 is 0 Å². The van der Waals surface area contributed by atoms with Crippen LogP contribution in [-0.4, -0.2) is 37.7 Å². The highest BCUT2D eigenvalue weighted by molar-refractivity contribution is 6.06. The zero-order chi connectivity index (χ0) is 23.7. The van der Waals surface area contributed by atoms with Gasteiger partial charge >= 0.3 is 0 Å². The van der Waals surface area contributed by atoms with E-state index < -0.39 is 11.7 Å². The summed E-state index contributed by atoms with van der Waals surface area (Å²) in [5, 5.41) is 8.14. The monoisotopic (exact) mass is 454 g/mol. The maximum Gasteiger partial charge on any atom is 0.274 e. The van der Waals surface area contributed by atoms with Crippen LogP contribution in [0, 0.1) is 5.82 Å². The van der Waals surface area contributed by atoms with Crippen LogP contribution < -0.4 is 10.1 Å². The molecule has 0 saturated heterocycles. The fourth-order valence-electron chi connectivity index (χ4n) is 3.73. The number of amides is 1. The van der Waals surface area contributed by atoms with E-state index in [4.69, 9.17) is 4.74 Å². The minimum Gasteiger partial charge on any atom is -0.494 e. The molecule has 0 radical (unpaired) electrons. The maximum atomic E-state index is 13.2. The predicted molar refractivity (Wildman–Crippen MR) is 126 cm³/mol. The summed E-state index contributed by atoms with van der Waals surface area (Å²) in [7, 11) is 3.35. The van der Waals surface area contributed by atoms with Crippen LogP contribution in [-0.2, 0) is 7.05 Å². The average molecular weight is 454 g/mol. The van der Waals surface area contributed by atoms with E-state index in [0.29, 0.717) is 28.0 Å².